The molecule has 9 nitrogen and oxygen atoms in total. The number of ether oxygens (including phenoxy) is 1. The molecule has 0 bridgehead atoms. The largest absolute Gasteiger partial charge is 0.486 e. The number of para-hydroxylation sites is 1. The van der Waals surface area contributed by atoms with Gasteiger partial charge in [0, 0.05) is 23.5 Å². The predicted molar refractivity (Wildman–Crippen MR) is 134 cm³/mol. The third-order valence-electron chi connectivity index (χ3n) is 5.07. The number of aromatic nitrogens is 3. The van der Waals surface area contributed by atoms with Crippen LogP contribution in [-0.2, 0) is 11.4 Å². The van der Waals surface area contributed by atoms with Gasteiger partial charge in [0.2, 0.25) is 5.91 Å². The fourth-order valence-electron chi connectivity index (χ4n) is 3.28. The molecule has 1 atom stereocenters. The maximum absolute atomic E-state index is 12.8. The number of benzene rings is 3. The molecule has 0 spiro atoms. The minimum absolute atomic E-state index is 0.0400. The fourth-order valence-corrected chi connectivity index (χ4v) is 4.17. The summed E-state index contributed by atoms with van der Waals surface area (Å²) < 4.78 is 7.82. The van der Waals surface area contributed by atoms with Crippen LogP contribution in [-0.4, -0.2) is 30.8 Å². The SMILES string of the molecule is Cc1cccc(OCc2nnc(S[C@@H](C)C(=O)Nc3ccc([N+](=O)[O-])cc3)n2-c2ccccc2)c1. The molecule has 0 aliphatic rings. The van der Waals surface area contributed by atoms with E-state index in [0.29, 0.717) is 16.7 Å². The molecule has 4 rings (SSSR count). The molecule has 0 saturated carbocycles. The van der Waals surface area contributed by atoms with Crippen LogP contribution < -0.4 is 10.1 Å². The monoisotopic (exact) mass is 489 g/mol. The lowest BCUT2D eigenvalue weighted by atomic mass is 10.2. The van der Waals surface area contributed by atoms with Gasteiger partial charge in [-0.2, -0.15) is 0 Å². The van der Waals surface area contributed by atoms with E-state index < -0.39 is 10.2 Å². The molecule has 0 aliphatic heterocycles. The number of carbonyl (C=O) groups is 1. The Hall–Kier alpha value is -4.18. The Kier molecular flexibility index (Phi) is 7.41. The maximum Gasteiger partial charge on any atom is 0.269 e. The second-order valence-electron chi connectivity index (χ2n) is 7.73. The van der Waals surface area contributed by atoms with Crippen LogP contribution in [0.2, 0.25) is 0 Å². The molecule has 10 heteroatoms. The first kappa shape index (κ1) is 24.0. The second kappa shape index (κ2) is 10.8. The first-order valence-electron chi connectivity index (χ1n) is 10.8. The van der Waals surface area contributed by atoms with Crippen LogP contribution in [0, 0.1) is 17.0 Å². The van der Waals surface area contributed by atoms with Gasteiger partial charge in [-0.05, 0) is 55.8 Å². The zero-order chi connectivity index (χ0) is 24.8. The number of anilines is 1. The molecule has 3 aromatic carbocycles. The minimum Gasteiger partial charge on any atom is -0.486 e. The highest BCUT2D eigenvalue weighted by molar-refractivity contribution is 8.00. The molecule has 0 radical (unpaired) electrons. The van der Waals surface area contributed by atoms with Crippen molar-refractivity contribution < 1.29 is 14.5 Å². The summed E-state index contributed by atoms with van der Waals surface area (Å²) in [4.78, 5) is 23.1. The third-order valence-corrected chi connectivity index (χ3v) is 6.11. The van der Waals surface area contributed by atoms with E-state index in [1.165, 1.54) is 36.0 Å². The van der Waals surface area contributed by atoms with E-state index in [2.05, 4.69) is 15.5 Å². The normalized spacial score (nSPS) is 11.6. The van der Waals surface area contributed by atoms with Gasteiger partial charge in [0.1, 0.15) is 12.4 Å². The number of nitrogens with one attached hydrogen (secondary N) is 1. The molecule has 1 amide bonds. The second-order valence-corrected chi connectivity index (χ2v) is 9.04. The van der Waals surface area contributed by atoms with Crippen molar-refractivity contribution in [2.45, 2.75) is 30.9 Å². The first-order valence-corrected chi connectivity index (χ1v) is 11.7. The van der Waals surface area contributed by atoms with Crippen molar-refractivity contribution in [1.82, 2.24) is 14.8 Å². The van der Waals surface area contributed by atoms with E-state index >= 15 is 0 Å². The van der Waals surface area contributed by atoms with Crippen molar-refractivity contribution in [2.75, 3.05) is 5.32 Å². The standard InChI is InChI=1S/C25H23N5O4S/c1-17-7-6-10-22(15-17)34-16-23-27-28-25(29(23)20-8-4-3-5-9-20)35-18(2)24(31)26-19-11-13-21(14-12-19)30(32)33/h3-15,18H,16H2,1-2H3,(H,26,31)/t18-/m0/s1. The quantitative estimate of drug-likeness (QED) is 0.196. The molecule has 1 aromatic heterocycles. The summed E-state index contributed by atoms with van der Waals surface area (Å²) in [6.07, 6.45) is 0. The van der Waals surface area contributed by atoms with Gasteiger partial charge in [-0.25, -0.2) is 0 Å². The van der Waals surface area contributed by atoms with Crippen LogP contribution in [0.5, 0.6) is 5.75 Å². The lowest BCUT2D eigenvalue weighted by molar-refractivity contribution is -0.384. The molecule has 1 heterocycles. The lowest BCUT2D eigenvalue weighted by Crippen LogP contribution is -2.23. The smallest absolute Gasteiger partial charge is 0.269 e. The number of non-ortho nitro benzene ring substituents is 1. The zero-order valence-electron chi connectivity index (χ0n) is 19.1. The third kappa shape index (κ3) is 6.04. The van der Waals surface area contributed by atoms with Crippen molar-refractivity contribution in [2.24, 2.45) is 0 Å². The van der Waals surface area contributed by atoms with E-state index in [1.807, 2.05) is 66.1 Å². The Balaban J connectivity index is 1.51. The summed E-state index contributed by atoms with van der Waals surface area (Å²) in [6, 6.07) is 23.1. The summed E-state index contributed by atoms with van der Waals surface area (Å²) in [5.74, 6) is 1.07. The molecule has 178 valence electrons. The number of rotatable bonds is 9. The fraction of sp³-hybridized carbons (Fsp3) is 0.160. The van der Waals surface area contributed by atoms with Crippen LogP contribution in [0.3, 0.4) is 0 Å². The summed E-state index contributed by atoms with van der Waals surface area (Å²) >= 11 is 1.26. The van der Waals surface area contributed by atoms with Crippen molar-refractivity contribution in [3.63, 3.8) is 0 Å². The van der Waals surface area contributed by atoms with Gasteiger partial charge in [0.15, 0.2) is 11.0 Å². The van der Waals surface area contributed by atoms with Gasteiger partial charge >= 0.3 is 0 Å². The summed E-state index contributed by atoms with van der Waals surface area (Å²) in [6.45, 7) is 3.96. The van der Waals surface area contributed by atoms with Gasteiger partial charge in [-0.3, -0.25) is 19.5 Å². The molecular formula is C25H23N5O4S. The summed E-state index contributed by atoms with van der Waals surface area (Å²) in [5, 5.41) is 22.3. The van der Waals surface area contributed by atoms with Crippen molar-refractivity contribution >= 4 is 29.0 Å². The highest BCUT2D eigenvalue weighted by atomic mass is 32.2. The van der Waals surface area contributed by atoms with Crippen LogP contribution in [0.25, 0.3) is 5.69 Å². The van der Waals surface area contributed by atoms with Crippen LogP contribution in [0.1, 0.15) is 18.3 Å². The minimum atomic E-state index is -0.512. The van der Waals surface area contributed by atoms with Crippen molar-refractivity contribution in [3.05, 3.63) is 100 Å². The van der Waals surface area contributed by atoms with E-state index in [9.17, 15) is 14.9 Å². The Morgan fingerprint density at radius 2 is 1.83 bits per heavy atom. The topological polar surface area (TPSA) is 112 Å². The molecular weight excluding hydrogens is 466 g/mol. The highest BCUT2D eigenvalue weighted by Crippen LogP contribution is 2.27. The number of carbonyl (C=O) groups excluding carboxylic acids is 1. The summed E-state index contributed by atoms with van der Waals surface area (Å²) in [5.41, 5.74) is 2.38. The van der Waals surface area contributed by atoms with Crippen molar-refractivity contribution in [3.8, 4) is 11.4 Å². The number of nitro groups is 1. The molecule has 0 aliphatic carbocycles. The number of amides is 1. The van der Waals surface area contributed by atoms with E-state index in [1.54, 1.807) is 6.92 Å². The van der Waals surface area contributed by atoms with Gasteiger partial charge in [-0.1, -0.05) is 42.1 Å². The molecule has 35 heavy (non-hydrogen) atoms. The van der Waals surface area contributed by atoms with Crippen LogP contribution >= 0.6 is 11.8 Å². The number of hydrogen-bond donors (Lipinski definition) is 1. The Morgan fingerprint density at radius 3 is 2.51 bits per heavy atom. The van der Waals surface area contributed by atoms with E-state index in [0.717, 1.165) is 17.0 Å². The van der Waals surface area contributed by atoms with E-state index in [-0.39, 0.29) is 18.2 Å². The Labute approximate surface area is 206 Å². The molecule has 0 fully saturated rings. The predicted octanol–water partition coefficient (Wildman–Crippen LogP) is 5.18. The highest BCUT2D eigenvalue weighted by Gasteiger charge is 2.22. The first-order chi connectivity index (χ1) is 16.9. The maximum atomic E-state index is 12.8. The number of nitrogens with zero attached hydrogens (tertiary/aromatic N) is 4. The number of thioether (sulfide) groups is 1. The average Bonchev–Trinajstić information content (AvgIpc) is 3.26. The van der Waals surface area contributed by atoms with Gasteiger partial charge < -0.3 is 10.1 Å². The lowest BCUT2D eigenvalue weighted by Gasteiger charge is -2.14. The van der Waals surface area contributed by atoms with E-state index in [4.69, 9.17) is 4.74 Å². The number of nitro benzene ring substituents is 1. The molecule has 0 saturated heterocycles. The van der Waals surface area contributed by atoms with Gasteiger partial charge in [0.05, 0.1) is 10.2 Å². The van der Waals surface area contributed by atoms with Crippen molar-refractivity contribution in [1.29, 1.82) is 0 Å². The van der Waals surface area contributed by atoms with Gasteiger partial charge in [-0.15, -0.1) is 10.2 Å². The molecule has 1 N–H and O–H groups in total. The Bertz CT molecular complexity index is 1330. The average molecular weight is 490 g/mol. The van der Waals surface area contributed by atoms with Gasteiger partial charge in [0.25, 0.3) is 5.69 Å². The van der Waals surface area contributed by atoms with Crippen LogP contribution in [0.15, 0.2) is 84.0 Å². The Morgan fingerprint density at radius 1 is 1.09 bits per heavy atom. The summed E-state index contributed by atoms with van der Waals surface area (Å²) in [7, 11) is 0. The molecule has 0 unspecified atom stereocenters. The number of aryl methyl sites for hydroxylation is 1. The zero-order valence-corrected chi connectivity index (χ0v) is 19.9. The van der Waals surface area contributed by atoms with Crippen LogP contribution in [0.4, 0.5) is 11.4 Å². The number of hydrogen-bond acceptors (Lipinski definition) is 7. The molecule has 4 aromatic rings.